The van der Waals surface area contributed by atoms with E-state index in [2.05, 4.69) is 15.0 Å². The molecule has 2 aromatic heterocycles. The summed E-state index contributed by atoms with van der Waals surface area (Å²) in [6.07, 6.45) is 1.43. The first kappa shape index (κ1) is 16.8. The zero-order valence-electron chi connectivity index (χ0n) is 14.2. The number of anilines is 2. The minimum atomic E-state index is -3.80. The summed E-state index contributed by atoms with van der Waals surface area (Å²) >= 11 is 0. The number of hydrogen-bond donors (Lipinski definition) is 2. The molecule has 1 fully saturated rings. The van der Waals surface area contributed by atoms with Crippen molar-refractivity contribution in [3.8, 4) is 0 Å². The molecule has 1 saturated heterocycles. The van der Waals surface area contributed by atoms with E-state index in [1.165, 1.54) is 6.33 Å². The van der Waals surface area contributed by atoms with Crippen LogP contribution >= 0.6 is 0 Å². The van der Waals surface area contributed by atoms with Crippen LogP contribution in [0.15, 0.2) is 46.5 Å². The minimum absolute atomic E-state index is 0.0105. The van der Waals surface area contributed by atoms with Gasteiger partial charge in [0.25, 0.3) is 0 Å². The summed E-state index contributed by atoms with van der Waals surface area (Å²) < 4.78 is 31.7. The summed E-state index contributed by atoms with van der Waals surface area (Å²) in [6.45, 7) is 3.89. The number of aromatic nitrogens is 3. The van der Waals surface area contributed by atoms with Crippen molar-refractivity contribution in [2.45, 2.75) is 22.8 Å². The Kier molecular flexibility index (Phi) is 4.04. The molecule has 3 heterocycles. The molecule has 4 rings (SSSR count). The van der Waals surface area contributed by atoms with Gasteiger partial charge < -0.3 is 20.4 Å². The lowest BCUT2D eigenvalue weighted by Gasteiger charge is -2.32. The monoisotopic (exact) mass is 373 g/mol. The number of ether oxygens (including phenoxy) is 1. The van der Waals surface area contributed by atoms with Crippen molar-refractivity contribution in [2.24, 2.45) is 0 Å². The maximum atomic E-state index is 13.1. The highest BCUT2D eigenvalue weighted by Gasteiger charge is 2.29. The van der Waals surface area contributed by atoms with E-state index in [4.69, 9.17) is 10.5 Å². The van der Waals surface area contributed by atoms with Gasteiger partial charge in [-0.2, -0.15) is 0 Å². The van der Waals surface area contributed by atoms with Gasteiger partial charge in [-0.25, -0.2) is 18.4 Å². The second-order valence-electron chi connectivity index (χ2n) is 6.23. The Hall–Kier alpha value is -2.65. The molecule has 0 amide bonds. The average molecular weight is 373 g/mol. The second kappa shape index (κ2) is 6.26. The molecule has 0 spiro atoms. The van der Waals surface area contributed by atoms with Gasteiger partial charge in [-0.3, -0.25) is 0 Å². The molecule has 0 unspecified atom stereocenters. The molecule has 1 aliphatic heterocycles. The van der Waals surface area contributed by atoms with Crippen molar-refractivity contribution < 1.29 is 13.2 Å². The molecule has 136 valence electrons. The Morgan fingerprint density at radius 1 is 1.27 bits per heavy atom. The Morgan fingerprint density at radius 3 is 2.77 bits per heavy atom. The van der Waals surface area contributed by atoms with Gasteiger partial charge in [-0.15, -0.1) is 0 Å². The zero-order chi connectivity index (χ0) is 18.3. The van der Waals surface area contributed by atoms with E-state index in [1.54, 1.807) is 30.3 Å². The van der Waals surface area contributed by atoms with Gasteiger partial charge in [0.1, 0.15) is 28.1 Å². The maximum absolute atomic E-state index is 13.1. The Labute approximate surface area is 150 Å². The lowest BCUT2D eigenvalue weighted by Crippen LogP contribution is -2.41. The number of nitrogens with two attached hydrogens (primary N) is 1. The number of morpholine rings is 1. The summed E-state index contributed by atoms with van der Waals surface area (Å²) in [5.74, 6) is 0.693. The van der Waals surface area contributed by atoms with Crippen LogP contribution in [0.1, 0.15) is 6.92 Å². The number of nitrogens with zero attached hydrogens (tertiary/aromatic N) is 3. The van der Waals surface area contributed by atoms with Crippen LogP contribution in [0.25, 0.3) is 11.0 Å². The molecule has 1 atom stereocenters. The van der Waals surface area contributed by atoms with Crippen LogP contribution in [0.3, 0.4) is 0 Å². The van der Waals surface area contributed by atoms with Gasteiger partial charge in [-0.1, -0.05) is 18.2 Å². The third-order valence-electron chi connectivity index (χ3n) is 4.41. The predicted octanol–water partition coefficient (Wildman–Crippen LogP) is 1.60. The van der Waals surface area contributed by atoms with E-state index in [1.807, 2.05) is 11.8 Å². The van der Waals surface area contributed by atoms with E-state index in [-0.39, 0.29) is 21.7 Å². The van der Waals surface area contributed by atoms with Crippen molar-refractivity contribution in [2.75, 3.05) is 30.3 Å². The highest BCUT2D eigenvalue weighted by atomic mass is 32.2. The van der Waals surface area contributed by atoms with Crippen LogP contribution in [0.2, 0.25) is 0 Å². The molecule has 0 aliphatic carbocycles. The highest BCUT2D eigenvalue weighted by Crippen LogP contribution is 2.35. The van der Waals surface area contributed by atoms with E-state index >= 15 is 0 Å². The van der Waals surface area contributed by atoms with Crippen LogP contribution < -0.4 is 10.6 Å². The quantitative estimate of drug-likeness (QED) is 0.716. The van der Waals surface area contributed by atoms with Crippen LogP contribution in [0.4, 0.5) is 11.6 Å². The number of nitrogens with one attached hydrogen (secondary N) is 1. The van der Waals surface area contributed by atoms with Gasteiger partial charge in [0.2, 0.25) is 9.84 Å². The van der Waals surface area contributed by atoms with Crippen molar-refractivity contribution in [3.63, 3.8) is 0 Å². The highest BCUT2D eigenvalue weighted by molar-refractivity contribution is 7.92. The van der Waals surface area contributed by atoms with E-state index in [9.17, 15) is 8.42 Å². The smallest absolute Gasteiger partial charge is 0.212 e. The number of aromatic amines is 1. The van der Waals surface area contributed by atoms with Crippen LogP contribution in [-0.2, 0) is 14.6 Å². The third-order valence-corrected chi connectivity index (χ3v) is 6.25. The SMILES string of the molecule is C[C@@H]1CN(c2ncnc3c(S(=O)(=O)c4ccccc4)c(N)[nH]c23)CCO1. The van der Waals surface area contributed by atoms with Crippen molar-refractivity contribution in [3.05, 3.63) is 36.7 Å². The number of sulfone groups is 1. The molecule has 9 heteroatoms. The summed E-state index contributed by atoms with van der Waals surface area (Å²) in [6, 6.07) is 8.19. The molecule has 1 aliphatic rings. The van der Waals surface area contributed by atoms with Crippen LogP contribution in [-0.4, -0.2) is 49.2 Å². The summed E-state index contributed by atoms with van der Waals surface area (Å²) in [5, 5.41) is 0. The molecule has 8 nitrogen and oxygen atoms in total. The normalized spacial score (nSPS) is 18.3. The van der Waals surface area contributed by atoms with Gasteiger partial charge in [0.15, 0.2) is 5.82 Å². The standard InChI is InChI=1S/C17H19N5O3S/c1-11-9-22(7-8-25-11)17-14-13(19-10-20-17)15(16(18)21-14)26(23,24)12-5-3-2-4-6-12/h2-6,10-11,21H,7-9,18H2,1H3/t11-/m1/s1. The first-order valence-corrected chi connectivity index (χ1v) is 9.75. The van der Waals surface area contributed by atoms with Gasteiger partial charge >= 0.3 is 0 Å². The first-order chi connectivity index (χ1) is 12.5. The fourth-order valence-corrected chi connectivity index (χ4v) is 4.72. The second-order valence-corrected chi connectivity index (χ2v) is 8.12. The van der Waals surface area contributed by atoms with Gasteiger partial charge in [0.05, 0.1) is 17.6 Å². The minimum Gasteiger partial charge on any atom is -0.384 e. The van der Waals surface area contributed by atoms with E-state index in [0.717, 1.165) is 0 Å². The van der Waals surface area contributed by atoms with Crippen LogP contribution in [0, 0.1) is 0 Å². The van der Waals surface area contributed by atoms with Crippen molar-refractivity contribution >= 4 is 32.5 Å². The topological polar surface area (TPSA) is 114 Å². The number of nitrogen functional groups attached to an aromatic ring is 1. The van der Waals surface area contributed by atoms with Crippen molar-refractivity contribution in [1.82, 2.24) is 15.0 Å². The molecule has 26 heavy (non-hydrogen) atoms. The molecule has 0 radical (unpaired) electrons. The molecule has 3 aromatic rings. The molecular weight excluding hydrogens is 354 g/mol. The average Bonchev–Trinajstić information content (AvgIpc) is 2.99. The predicted molar refractivity (Wildman–Crippen MR) is 97.8 cm³/mol. The van der Waals surface area contributed by atoms with Crippen molar-refractivity contribution in [1.29, 1.82) is 0 Å². The number of fused-ring (bicyclic) bond motifs is 1. The Bertz CT molecular complexity index is 1050. The van der Waals surface area contributed by atoms with Gasteiger partial charge in [-0.05, 0) is 19.1 Å². The Balaban J connectivity index is 1.88. The molecular formula is C17H19N5O3S. The van der Waals surface area contributed by atoms with Gasteiger partial charge in [0, 0.05) is 13.1 Å². The number of hydrogen-bond acceptors (Lipinski definition) is 7. The maximum Gasteiger partial charge on any atom is 0.212 e. The first-order valence-electron chi connectivity index (χ1n) is 8.27. The lowest BCUT2D eigenvalue weighted by atomic mass is 10.3. The molecule has 3 N–H and O–H groups in total. The third kappa shape index (κ3) is 2.69. The molecule has 1 aromatic carbocycles. The molecule has 0 saturated carbocycles. The number of rotatable bonds is 3. The van der Waals surface area contributed by atoms with E-state index < -0.39 is 9.84 Å². The fourth-order valence-electron chi connectivity index (χ4n) is 3.22. The van der Waals surface area contributed by atoms with E-state index in [0.29, 0.717) is 36.5 Å². The summed E-state index contributed by atoms with van der Waals surface area (Å²) in [5.41, 5.74) is 6.88. The number of H-pyrrole nitrogens is 1. The lowest BCUT2D eigenvalue weighted by molar-refractivity contribution is 0.0530. The number of benzene rings is 1. The zero-order valence-corrected chi connectivity index (χ0v) is 15.0. The largest absolute Gasteiger partial charge is 0.384 e. The summed E-state index contributed by atoms with van der Waals surface area (Å²) in [4.78, 5) is 13.7. The van der Waals surface area contributed by atoms with Crippen LogP contribution in [0.5, 0.6) is 0 Å². The molecule has 0 bridgehead atoms. The Morgan fingerprint density at radius 2 is 2.04 bits per heavy atom. The summed E-state index contributed by atoms with van der Waals surface area (Å²) in [7, 11) is -3.80. The fraction of sp³-hybridized carbons (Fsp3) is 0.294.